The largest absolute Gasteiger partial charge is 0.347 e. The number of aryl methyl sites for hydroxylation is 3. The van der Waals surface area contributed by atoms with Gasteiger partial charge in [-0.1, -0.05) is 12.1 Å². The molecule has 0 unspecified atom stereocenters. The quantitative estimate of drug-likeness (QED) is 0.796. The van der Waals surface area contributed by atoms with Gasteiger partial charge < -0.3 is 14.4 Å². The SMILES string of the molecule is CCc1noc2ncc(C(=O)N[C@H]3CCc4nc(C)cn4C3)cc12. The maximum absolute atomic E-state index is 12.6. The zero-order chi connectivity index (χ0) is 16.7. The highest BCUT2D eigenvalue weighted by Gasteiger charge is 2.22. The lowest BCUT2D eigenvalue weighted by atomic mass is 10.1. The molecule has 1 N–H and O–H groups in total. The van der Waals surface area contributed by atoms with E-state index in [-0.39, 0.29) is 11.9 Å². The van der Waals surface area contributed by atoms with Crippen LogP contribution in [-0.4, -0.2) is 31.6 Å². The Morgan fingerprint density at radius 2 is 2.38 bits per heavy atom. The number of pyridine rings is 1. The molecule has 0 aliphatic carbocycles. The van der Waals surface area contributed by atoms with E-state index in [9.17, 15) is 4.79 Å². The molecule has 3 aromatic heterocycles. The predicted molar refractivity (Wildman–Crippen MR) is 87.7 cm³/mol. The Hall–Kier alpha value is -2.70. The Morgan fingerprint density at radius 1 is 1.50 bits per heavy atom. The van der Waals surface area contributed by atoms with Gasteiger partial charge in [-0.2, -0.15) is 0 Å². The van der Waals surface area contributed by atoms with E-state index in [4.69, 9.17) is 4.52 Å². The Balaban J connectivity index is 1.52. The lowest BCUT2D eigenvalue weighted by molar-refractivity contribution is 0.0927. The third-order valence-electron chi connectivity index (χ3n) is 4.45. The van der Waals surface area contributed by atoms with Crippen molar-refractivity contribution in [2.45, 2.75) is 45.7 Å². The molecule has 0 spiro atoms. The first kappa shape index (κ1) is 14.9. The van der Waals surface area contributed by atoms with Crippen molar-refractivity contribution >= 4 is 17.0 Å². The second kappa shape index (κ2) is 5.74. The number of carbonyl (C=O) groups is 1. The van der Waals surface area contributed by atoms with Crippen LogP contribution in [0.4, 0.5) is 0 Å². The number of hydrogen-bond acceptors (Lipinski definition) is 5. The third-order valence-corrected chi connectivity index (χ3v) is 4.45. The van der Waals surface area contributed by atoms with Gasteiger partial charge in [-0.3, -0.25) is 4.79 Å². The van der Waals surface area contributed by atoms with Crippen LogP contribution in [0.1, 0.15) is 40.9 Å². The van der Waals surface area contributed by atoms with Crippen LogP contribution < -0.4 is 5.32 Å². The molecule has 7 heteroatoms. The Kier molecular flexibility index (Phi) is 3.55. The van der Waals surface area contributed by atoms with Crippen LogP contribution in [-0.2, 0) is 19.4 Å². The van der Waals surface area contributed by atoms with Crippen molar-refractivity contribution in [2.75, 3.05) is 0 Å². The standard InChI is InChI=1S/C17H19N5O2/c1-3-14-13-6-11(7-18-17(13)24-21-14)16(23)20-12-4-5-15-19-10(2)8-22(15)9-12/h6-8,12H,3-5,9H2,1-2H3,(H,20,23)/t12-/m0/s1. The van der Waals surface area contributed by atoms with E-state index >= 15 is 0 Å². The topological polar surface area (TPSA) is 85.8 Å². The highest BCUT2D eigenvalue weighted by molar-refractivity contribution is 5.97. The average Bonchev–Trinajstić information content (AvgIpc) is 3.15. The zero-order valence-electron chi connectivity index (χ0n) is 13.7. The van der Waals surface area contributed by atoms with Crippen molar-refractivity contribution in [3.63, 3.8) is 0 Å². The first-order valence-electron chi connectivity index (χ1n) is 8.22. The van der Waals surface area contributed by atoms with Gasteiger partial charge in [0.25, 0.3) is 11.6 Å². The van der Waals surface area contributed by atoms with Crippen LogP contribution in [0.3, 0.4) is 0 Å². The first-order valence-corrected chi connectivity index (χ1v) is 8.22. The van der Waals surface area contributed by atoms with Crippen molar-refractivity contribution in [2.24, 2.45) is 0 Å². The minimum absolute atomic E-state index is 0.0995. The zero-order valence-corrected chi connectivity index (χ0v) is 13.7. The highest BCUT2D eigenvalue weighted by atomic mass is 16.5. The molecular weight excluding hydrogens is 306 g/mol. The van der Waals surface area contributed by atoms with Gasteiger partial charge in [0.1, 0.15) is 5.82 Å². The highest BCUT2D eigenvalue weighted by Crippen LogP contribution is 2.19. The molecule has 0 saturated heterocycles. The Labute approximate surface area is 139 Å². The molecule has 4 heterocycles. The van der Waals surface area contributed by atoms with Gasteiger partial charge >= 0.3 is 0 Å². The Bertz CT molecular complexity index is 911. The van der Waals surface area contributed by atoms with Crippen molar-refractivity contribution in [1.29, 1.82) is 0 Å². The van der Waals surface area contributed by atoms with Crippen LogP contribution >= 0.6 is 0 Å². The predicted octanol–water partition coefficient (Wildman–Crippen LogP) is 2.03. The second-order valence-electron chi connectivity index (χ2n) is 6.22. The summed E-state index contributed by atoms with van der Waals surface area (Å²) < 4.78 is 7.29. The van der Waals surface area contributed by atoms with Crippen molar-refractivity contribution in [3.8, 4) is 0 Å². The van der Waals surface area contributed by atoms with Gasteiger partial charge in [0.05, 0.1) is 22.3 Å². The van der Waals surface area contributed by atoms with Gasteiger partial charge in [-0.25, -0.2) is 9.97 Å². The fourth-order valence-electron chi connectivity index (χ4n) is 3.23. The number of imidazole rings is 1. The number of hydrogen-bond donors (Lipinski definition) is 1. The molecule has 4 rings (SSSR count). The van der Waals surface area contributed by atoms with Gasteiger partial charge in [-0.05, 0) is 25.8 Å². The van der Waals surface area contributed by atoms with Crippen LogP contribution in [0, 0.1) is 6.92 Å². The number of amides is 1. The molecule has 3 aromatic rings. The lowest BCUT2D eigenvalue weighted by Gasteiger charge is -2.24. The van der Waals surface area contributed by atoms with E-state index in [2.05, 4.69) is 25.0 Å². The molecular formula is C17H19N5O2. The van der Waals surface area contributed by atoms with Crippen LogP contribution in [0.2, 0.25) is 0 Å². The molecule has 0 saturated carbocycles. The number of nitrogens with zero attached hydrogens (tertiary/aromatic N) is 4. The van der Waals surface area contributed by atoms with Crippen LogP contribution in [0.15, 0.2) is 23.0 Å². The fourth-order valence-corrected chi connectivity index (χ4v) is 3.23. The third kappa shape index (κ3) is 2.55. The Morgan fingerprint density at radius 3 is 3.21 bits per heavy atom. The van der Waals surface area contributed by atoms with Crippen molar-refractivity contribution in [3.05, 3.63) is 41.2 Å². The van der Waals surface area contributed by atoms with E-state index in [1.165, 1.54) is 6.20 Å². The number of carbonyl (C=O) groups excluding carboxylic acids is 1. The molecule has 0 radical (unpaired) electrons. The molecule has 7 nitrogen and oxygen atoms in total. The molecule has 1 atom stereocenters. The van der Waals surface area contributed by atoms with Crippen molar-refractivity contribution < 1.29 is 9.32 Å². The molecule has 0 fully saturated rings. The molecule has 1 amide bonds. The van der Waals surface area contributed by atoms with Gasteiger partial charge in [0.2, 0.25) is 0 Å². The van der Waals surface area contributed by atoms with E-state index in [1.807, 2.05) is 26.1 Å². The summed E-state index contributed by atoms with van der Waals surface area (Å²) in [5.74, 6) is 0.982. The molecule has 0 bridgehead atoms. The van der Waals surface area contributed by atoms with Crippen LogP contribution in [0.5, 0.6) is 0 Å². The number of nitrogens with one attached hydrogen (secondary N) is 1. The first-order chi connectivity index (χ1) is 11.6. The molecule has 124 valence electrons. The van der Waals surface area contributed by atoms with E-state index in [0.717, 1.165) is 48.4 Å². The summed E-state index contributed by atoms with van der Waals surface area (Å²) in [6.07, 6.45) is 6.09. The summed E-state index contributed by atoms with van der Waals surface area (Å²) in [4.78, 5) is 21.3. The second-order valence-corrected chi connectivity index (χ2v) is 6.22. The average molecular weight is 325 g/mol. The normalized spacial score (nSPS) is 17.0. The lowest BCUT2D eigenvalue weighted by Crippen LogP contribution is -2.40. The summed E-state index contributed by atoms with van der Waals surface area (Å²) in [6.45, 7) is 4.74. The van der Waals surface area contributed by atoms with Crippen molar-refractivity contribution in [1.82, 2.24) is 25.0 Å². The summed E-state index contributed by atoms with van der Waals surface area (Å²) in [7, 11) is 0. The number of fused-ring (bicyclic) bond motifs is 2. The minimum Gasteiger partial charge on any atom is -0.347 e. The monoisotopic (exact) mass is 325 g/mol. The maximum Gasteiger partial charge on any atom is 0.257 e. The molecule has 24 heavy (non-hydrogen) atoms. The van der Waals surface area contributed by atoms with E-state index in [0.29, 0.717) is 11.3 Å². The number of aromatic nitrogens is 4. The van der Waals surface area contributed by atoms with Gasteiger partial charge in [0.15, 0.2) is 0 Å². The fraction of sp³-hybridized carbons (Fsp3) is 0.412. The number of rotatable bonds is 3. The molecule has 0 aromatic carbocycles. The van der Waals surface area contributed by atoms with Crippen LogP contribution in [0.25, 0.3) is 11.1 Å². The molecule has 1 aliphatic rings. The summed E-state index contributed by atoms with van der Waals surface area (Å²) >= 11 is 0. The molecule has 1 aliphatic heterocycles. The minimum atomic E-state index is -0.113. The summed E-state index contributed by atoms with van der Waals surface area (Å²) in [6, 6.07) is 1.91. The van der Waals surface area contributed by atoms with E-state index in [1.54, 1.807) is 0 Å². The van der Waals surface area contributed by atoms with E-state index < -0.39 is 0 Å². The summed E-state index contributed by atoms with van der Waals surface area (Å²) in [5, 5.41) is 7.89. The van der Waals surface area contributed by atoms with Gasteiger partial charge in [0, 0.05) is 31.4 Å². The summed E-state index contributed by atoms with van der Waals surface area (Å²) in [5.41, 5.74) is 2.85. The maximum atomic E-state index is 12.6. The van der Waals surface area contributed by atoms with Gasteiger partial charge in [-0.15, -0.1) is 0 Å². The smallest absolute Gasteiger partial charge is 0.257 e.